The van der Waals surface area contributed by atoms with E-state index in [0.29, 0.717) is 0 Å². The third-order valence-electron chi connectivity index (χ3n) is 1.39. The average molecular weight is 156 g/mol. The highest BCUT2D eigenvalue weighted by Crippen LogP contribution is 2.13. The number of pyridine rings is 1. The highest BCUT2D eigenvalue weighted by atomic mass is 19.1. The fourth-order valence-electron chi connectivity index (χ4n) is 0.783. The van der Waals surface area contributed by atoms with Gasteiger partial charge in [-0.1, -0.05) is 0 Å². The van der Waals surface area contributed by atoms with E-state index in [4.69, 9.17) is 10.8 Å². The van der Waals surface area contributed by atoms with Crippen LogP contribution in [-0.4, -0.2) is 16.6 Å². The van der Waals surface area contributed by atoms with Crippen molar-refractivity contribution >= 4 is 0 Å². The third kappa shape index (κ3) is 1.72. The van der Waals surface area contributed by atoms with Crippen LogP contribution < -0.4 is 5.73 Å². The summed E-state index contributed by atoms with van der Waals surface area (Å²) in [5.41, 5.74) is 5.33. The molecule has 0 saturated heterocycles. The Labute approximate surface area is 63.7 Å². The topological polar surface area (TPSA) is 59.1 Å². The van der Waals surface area contributed by atoms with Gasteiger partial charge in [0.25, 0.3) is 0 Å². The summed E-state index contributed by atoms with van der Waals surface area (Å²) < 4.78 is 12.7. The fourth-order valence-corrected chi connectivity index (χ4v) is 0.783. The zero-order chi connectivity index (χ0) is 8.27. The molecule has 0 amide bonds. The van der Waals surface area contributed by atoms with Crippen molar-refractivity contribution in [1.82, 2.24) is 4.98 Å². The van der Waals surface area contributed by atoms with Crippen molar-refractivity contribution < 1.29 is 9.50 Å². The molecule has 0 radical (unpaired) electrons. The maximum Gasteiger partial charge on any atom is 0.147 e. The van der Waals surface area contributed by atoms with E-state index >= 15 is 0 Å². The molecule has 0 bridgehead atoms. The summed E-state index contributed by atoms with van der Waals surface area (Å²) in [6.07, 6.45) is 1.53. The number of hydrogen-bond acceptors (Lipinski definition) is 3. The smallest absolute Gasteiger partial charge is 0.147 e. The number of aliphatic hydroxyl groups excluding tert-OH is 1. The van der Waals surface area contributed by atoms with E-state index < -0.39 is 11.9 Å². The standard InChI is InChI=1S/C7H9FN2O/c8-6-4-10-2-1-5(6)7(11)3-9/h1-2,4,7,11H,3,9H2/t7-/m1/s1. The summed E-state index contributed by atoms with van der Waals surface area (Å²) in [5.74, 6) is -0.523. The number of nitrogens with zero attached hydrogens (tertiary/aromatic N) is 1. The molecule has 4 heteroatoms. The summed E-state index contributed by atoms with van der Waals surface area (Å²) in [6.45, 7) is 0.0148. The van der Waals surface area contributed by atoms with E-state index in [-0.39, 0.29) is 12.1 Å². The Morgan fingerprint density at radius 1 is 1.73 bits per heavy atom. The Kier molecular flexibility index (Phi) is 2.51. The zero-order valence-corrected chi connectivity index (χ0v) is 5.87. The lowest BCUT2D eigenvalue weighted by Crippen LogP contribution is -2.12. The van der Waals surface area contributed by atoms with Gasteiger partial charge in [0.2, 0.25) is 0 Å². The molecule has 0 spiro atoms. The van der Waals surface area contributed by atoms with Gasteiger partial charge in [-0.2, -0.15) is 0 Å². The molecule has 0 unspecified atom stereocenters. The molecule has 11 heavy (non-hydrogen) atoms. The second kappa shape index (κ2) is 3.41. The minimum Gasteiger partial charge on any atom is -0.387 e. The van der Waals surface area contributed by atoms with Gasteiger partial charge in [0, 0.05) is 18.3 Å². The van der Waals surface area contributed by atoms with Crippen molar-refractivity contribution in [2.24, 2.45) is 5.73 Å². The Morgan fingerprint density at radius 2 is 2.45 bits per heavy atom. The second-order valence-corrected chi connectivity index (χ2v) is 2.15. The molecule has 0 saturated carbocycles. The van der Waals surface area contributed by atoms with Gasteiger partial charge in [0.1, 0.15) is 5.82 Å². The summed E-state index contributed by atoms with van der Waals surface area (Å²) in [6, 6.07) is 1.41. The maximum absolute atomic E-state index is 12.7. The van der Waals surface area contributed by atoms with Gasteiger partial charge < -0.3 is 10.8 Å². The van der Waals surface area contributed by atoms with Crippen LogP contribution in [0.2, 0.25) is 0 Å². The predicted molar refractivity (Wildman–Crippen MR) is 38.2 cm³/mol. The van der Waals surface area contributed by atoms with E-state index in [2.05, 4.69) is 4.98 Å². The SMILES string of the molecule is NC[C@@H](O)c1ccncc1F. The Balaban J connectivity index is 2.93. The van der Waals surface area contributed by atoms with Crippen LogP contribution in [0.4, 0.5) is 4.39 Å². The van der Waals surface area contributed by atoms with Crippen LogP contribution in [0, 0.1) is 5.82 Å². The van der Waals surface area contributed by atoms with Gasteiger partial charge in [0.15, 0.2) is 0 Å². The normalized spacial score (nSPS) is 13.0. The van der Waals surface area contributed by atoms with Crippen molar-refractivity contribution in [2.45, 2.75) is 6.10 Å². The number of aliphatic hydroxyl groups is 1. The summed E-state index contributed by atoms with van der Waals surface area (Å²) in [4.78, 5) is 3.53. The first-order chi connectivity index (χ1) is 5.25. The van der Waals surface area contributed by atoms with Crippen molar-refractivity contribution in [1.29, 1.82) is 0 Å². The van der Waals surface area contributed by atoms with Gasteiger partial charge in [0.05, 0.1) is 12.3 Å². The van der Waals surface area contributed by atoms with Crippen molar-refractivity contribution in [3.05, 3.63) is 29.8 Å². The highest BCUT2D eigenvalue weighted by molar-refractivity contribution is 5.15. The van der Waals surface area contributed by atoms with E-state index in [0.717, 1.165) is 6.20 Å². The van der Waals surface area contributed by atoms with Crippen LogP contribution in [0.1, 0.15) is 11.7 Å². The molecule has 3 nitrogen and oxygen atoms in total. The number of halogens is 1. The maximum atomic E-state index is 12.7. The lowest BCUT2D eigenvalue weighted by atomic mass is 10.1. The van der Waals surface area contributed by atoms with E-state index in [1.54, 1.807) is 0 Å². The molecule has 1 heterocycles. The highest BCUT2D eigenvalue weighted by Gasteiger charge is 2.09. The van der Waals surface area contributed by atoms with Crippen molar-refractivity contribution in [3.8, 4) is 0 Å². The third-order valence-corrected chi connectivity index (χ3v) is 1.39. The van der Waals surface area contributed by atoms with E-state index in [9.17, 15) is 4.39 Å². The first-order valence-corrected chi connectivity index (χ1v) is 3.23. The average Bonchev–Trinajstić information content (AvgIpc) is 2.04. The molecule has 1 aromatic heterocycles. The van der Waals surface area contributed by atoms with E-state index in [1.165, 1.54) is 12.3 Å². The van der Waals surface area contributed by atoms with Gasteiger partial charge in [-0.3, -0.25) is 4.98 Å². The molecule has 3 N–H and O–H groups in total. The van der Waals surface area contributed by atoms with Gasteiger partial charge in [-0.05, 0) is 6.07 Å². The molecule has 60 valence electrons. The summed E-state index contributed by atoms with van der Waals surface area (Å²) >= 11 is 0. The molecular formula is C7H9FN2O. The van der Waals surface area contributed by atoms with Crippen LogP contribution in [0.3, 0.4) is 0 Å². The Morgan fingerprint density at radius 3 is 3.00 bits per heavy atom. The fraction of sp³-hybridized carbons (Fsp3) is 0.286. The van der Waals surface area contributed by atoms with Crippen LogP contribution >= 0.6 is 0 Å². The Bertz CT molecular complexity index is 242. The minimum absolute atomic E-state index is 0.0148. The molecule has 0 aliphatic heterocycles. The summed E-state index contributed by atoms with van der Waals surface area (Å²) in [5, 5.41) is 9.12. The predicted octanol–water partition coefficient (Wildman–Crippen LogP) is 0.213. The van der Waals surface area contributed by atoms with Crippen molar-refractivity contribution in [3.63, 3.8) is 0 Å². The van der Waals surface area contributed by atoms with Crippen LogP contribution in [0.25, 0.3) is 0 Å². The van der Waals surface area contributed by atoms with Crippen LogP contribution in [0.15, 0.2) is 18.5 Å². The lowest BCUT2D eigenvalue weighted by molar-refractivity contribution is 0.181. The molecular weight excluding hydrogens is 147 g/mol. The van der Waals surface area contributed by atoms with Crippen molar-refractivity contribution in [2.75, 3.05) is 6.54 Å². The number of nitrogens with two attached hydrogens (primary N) is 1. The Hall–Kier alpha value is -1.00. The monoisotopic (exact) mass is 156 g/mol. The number of rotatable bonds is 2. The minimum atomic E-state index is -0.932. The molecule has 1 rings (SSSR count). The molecule has 0 aliphatic carbocycles. The largest absolute Gasteiger partial charge is 0.387 e. The van der Waals surface area contributed by atoms with Crippen LogP contribution in [-0.2, 0) is 0 Å². The van der Waals surface area contributed by atoms with E-state index in [1.807, 2.05) is 0 Å². The molecule has 0 fully saturated rings. The summed E-state index contributed by atoms with van der Waals surface area (Å²) in [7, 11) is 0. The molecule has 1 aromatic rings. The molecule has 0 aromatic carbocycles. The van der Waals surface area contributed by atoms with Gasteiger partial charge >= 0.3 is 0 Å². The van der Waals surface area contributed by atoms with Crippen LogP contribution in [0.5, 0.6) is 0 Å². The van der Waals surface area contributed by atoms with Gasteiger partial charge in [-0.25, -0.2) is 4.39 Å². The number of hydrogen-bond donors (Lipinski definition) is 2. The quantitative estimate of drug-likeness (QED) is 0.643. The zero-order valence-electron chi connectivity index (χ0n) is 5.87. The number of aromatic nitrogens is 1. The second-order valence-electron chi connectivity index (χ2n) is 2.15. The molecule has 1 atom stereocenters. The lowest BCUT2D eigenvalue weighted by Gasteiger charge is -2.07. The first-order valence-electron chi connectivity index (χ1n) is 3.23. The van der Waals surface area contributed by atoms with Gasteiger partial charge in [-0.15, -0.1) is 0 Å². The molecule has 0 aliphatic rings. The first kappa shape index (κ1) is 8.10.